The Bertz CT molecular complexity index is 312. The monoisotopic (exact) mass is 330 g/mol. The minimum absolute atomic E-state index is 0. The second-order valence-electron chi connectivity index (χ2n) is 7.35. The summed E-state index contributed by atoms with van der Waals surface area (Å²) in [5.74, 6) is 2.46. The van der Waals surface area contributed by atoms with Crippen LogP contribution < -0.4 is 10.6 Å². The minimum Gasteiger partial charge on any atom is -0.353 e. The van der Waals surface area contributed by atoms with E-state index >= 15 is 0 Å². The van der Waals surface area contributed by atoms with Crippen molar-refractivity contribution in [1.82, 2.24) is 10.6 Å². The van der Waals surface area contributed by atoms with E-state index in [2.05, 4.69) is 24.5 Å². The molecule has 2 fully saturated rings. The number of piperidine rings is 1. The smallest absolute Gasteiger partial charge is 0.220 e. The highest BCUT2D eigenvalue weighted by Crippen LogP contribution is 2.31. The summed E-state index contributed by atoms with van der Waals surface area (Å²) in [7, 11) is 0. The summed E-state index contributed by atoms with van der Waals surface area (Å²) in [4.78, 5) is 12.2. The van der Waals surface area contributed by atoms with Crippen molar-refractivity contribution in [2.75, 3.05) is 13.1 Å². The van der Waals surface area contributed by atoms with Gasteiger partial charge in [0.2, 0.25) is 5.91 Å². The topological polar surface area (TPSA) is 41.1 Å². The van der Waals surface area contributed by atoms with Gasteiger partial charge in [-0.05, 0) is 57.0 Å². The predicted molar refractivity (Wildman–Crippen MR) is 95.4 cm³/mol. The van der Waals surface area contributed by atoms with Crippen LogP contribution in [0.4, 0.5) is 0 Å². The van der Waals surface area contributed by atoms with E-state index in [0.717, 1.165) is 31.3 Å². The van der Waals surface area contributed by atoms with Crippen LogP contribution in [0, 0.1) is 17.8 Å². The first kappa shape index (κ1) is 19.8. The van der Waals surface area contributed by atoms with Crippen LogP contribution in [0.15, 0.2) is 0 Å². The van der Waals surface area contributed by atoms with Crippen molar-refractivity contribution >= 4 is 18.3 Å². The van der Waals surface area contributed by atoms with Crippen molar-refractivity contribution in [3.8, 4) is 0 Å². The zero-order chi connectivity index (χ0) is 15.1. The van der Waals surface area contributed by atoms with Gasteiger partial charge in [0.1, 0.15) is 0 Å². The Kier molecular flexibility index (Phi) is 9.42. The van der Waals surface area contributed by atoms with E-state index < -0.39 is 0 Å². The van der Waals surface area contributed by atoms with Crippen LogP contribution in [0.25, 0.3) is 0 Å². The minimum atomic E-state index is 0. The molecule has 0 spiro atoms. The summed E-state index contributed by atoms with van der Waals surface area (Å²) >= 11 is 0. The molecule has 1 saturated heterocycles. The molecule has 130 valence electrons. The van der Waals surface area contributed by atoms with Crippen molar-refractivity contribution in [2.45, 2.75) is 77.7 Å². The van der Waals surface area contributed by atoms with Crippen molar-refractivity contribution in [2.24, 2.45) is 17.8 Å². The largest absolute Gasteiger partial charge is 0.353 e. The molecule has 1 heterocycles. The molecule has 1 saturated carbocycles. The van der Waals surface area contributed by atoms with E-state index in [4.69, 9.17) is 0 Å². The number of hydrogen-bond acceptors (Lipinski definition) is 2. The van der Waals surface area contributed by atoms with E-state index in [-0.39, 0.29) is 18.3 Å². The average Bonchev–Trinajstić information content (AvgIpc) is 2.54. The highest BCUT2D eigenvalue weighted by molar-refractivity contribution is 5.85. The third-order valence-electron chi connectivity index (χ3n) is 5.81. The normalized spacial score (nSPS) is 23.4. The molecule has 2 unspecified atom stereocenters. The van der Waals surface area contributed by atoms with Crippen LogP contribution in [-0.4, -0.2) is 25.0 Å². The second kappa shape index (κ2) is 10.5. The van der Waals surface area contributed by atoms with Crippen molar-refractivity contribution in [3.05, 3.63) is 0 Å². The fourth-order valence-electron chi connectivity index (χ4n) is 4.03. The van der Waals surface area contributed by atoms with Crippen LogP contribution in [0.5, 0.6) is 0 Å². The van der Waals surface area contributed by atoms with Crippen LogP contribution in [0.1, 0.15) is 71.6 Å². The summed E-state index contributed by atoms with van der Waals surface area (Å²) in [5, 5.41) is 6.65. The quantitative estimate of drug-likeness (QED) is 0.775. The predicted octanol–water partition coefficient (Wildman–Crippen LogP) is 3.91. The van der Waals surface area contributed by atoms with Crippen molar-refractivity contribution in [3.63, 3.8) is 0 Å². The maximum absolute atomic E-state index is 12.2. The van der Waals surface area contributed by atoms with Gasteiger partial charge in [-0.3, -0.25) is 4.79 Å². The van der Waals surface area contributed by atoms with Crippen LogP contribution in [-0.2, 0) is 4.79 Å². The van der Waals surface area contributed by atoms with E-state index in [1.54, 1.807) is 0 Å². The molecule has 1 amide bonds. The molecule has 2 N–H and O–H groups in total. The Balaban J connectivity index is 0.00000242. The molecule has 1 aliphatic heterocycles. The van der Waals surface area contributed by atoms with Gasteiger partial charge < -0.3 is 10.6 Å². The maximum atomic E-state index is 12.2. The van der Waals surface area contributed by atoms with E-state index in [9.17, 15) is 4.79 Å². The molecule has 2 atom stereocenters. The number of hydrogen-bond donors (Lipinski definition) is 2. The Morgan fingerprint density at radius 1 is 1.09 bits per heavy atom. The SMILES string of the molecule is CC(NC(=O)CCC1CCNCC1)C(C)C1CCCCC1.Cl. The molecule has 1 aliphatic carbocycles. The lowest BCUT2D eigenvalue weighted by Gasteiger charge is -2.32. The van der Waals surface area contributed by atoms with Gasteiger partial charge in [0.15, 0.2) is 0 Å². The zero-order valence-corrected chi connectivity index (χ0v) is 15.2. The number of carbonyl (C=O) groups is 1. The third kappa shape index (κ3) is 6.45. The molecule has 4 heteroatoms. The molecule has 0 radical (unpaired) electrons. The fourth-order valence-corrected chi connectivity index (χ4v) is 4.03. The van der Waals surface area contributed by atoms with Gasteiger partial charge >= 0.3 is 0 Å². The molecular weight excluding hydrogens is 296 g/mol. The second-order valence-corrected chi connectivity index (χ2v) is 7.35. The average molecular weight is 331 g/mol. The molecule has 0 aromatic rings. The van der Waals surface area contributed by atoms with Crippen molar-refractivity contribution < 1.29 is 4.79 Å². The van der Waals surface area contributed by atoms with Gasteiger partial charge in [-0.25, -0.2) is 0 Å². The highest BCUT2D eigenvalue weighted by Gasteiger charge is 2.25. The summed E-state index contributed by atoms with van der Waals surface area (Å²) < 4.78 is 0. The van der Waals surface area contributed by atoms with Crippen molar-refractivity contribution in [1.29, 1.82) is 0 Å². The molecule has 0 bridgehead atoms. The molecule has 22 heavy (non-hydrogen) atoms. The van der Waals surface area contributed by atoms with E-state index in [0.29, 0.717) is 18.4 Å². The Labute approximate surface area is 142 Å². The summed E-state index contributed by atoms with van der Waals surface area (Å²) in [5.41, 5.74) is 0. The van der Waals surface area contributed by atoms with Crippen LogP contribution in [0.3, 0.4) is 0 Å². The van der Waals surface area contributed by atoms with Gasteiger partial charge in [0.05, 0.1) is 0 Å². The highest BCUT2D eigenvalue weighted by atomic mass is 35.5. The van der Waals surface area contributed by atoms with Gasteiger partial charge in [0.25, 0.3) is 0 Å². The molecule has 2 aliphatic rings. The summed E-state index contributed by atoms with van der Waals surface area (Å²) in [6.07, 6.45) is 11.1. The Morgan fingerprint density at radius 2 is 1.73 bits per heavy atom. The van der Waals surface area contributed by atoms with Gasteiger partial charge in [-0.15, -0.1) is 12.4 Å². The lowest BCUT2D eigenvalue weighted by atomic mass is 9.78. The van der Waals surface area contributed by atoms with E-state index in [1.165, 1.54) is 44.9 Å². The number of carbonyl (C=O) groups excluding carboxylic acids is 1. The van der Waals surface area contributed by atoms with Gasteiger partial charge in [-0.2, -0.15) is 0 Å². The maximum Gasteiger partial charge on any atom is 0.220 e. The summed E-state index contributed by atoms with van der Waals surface area (Å²) in [6, 6.07) is 0.327. The first-order chi connectivity index (χ1) is 10.2. The lowest BCUT2D eigenvalue weighted by Crippen LogP contribution is -2.40. The fraction of sp³-hybridized carbons (Fsp3) is 0.944. The summed E-state index contributed by atoms with van der Waals surface area (Å²) in [6.45, 7) is 6.78. The number of nitrogens with one attached hydrogen (secondary N) is 2. The Hall–Kier alpha value is -0.280. The molecule has 3 nitrogen and oxygen atoms in total. The van der Waals surface area contributed by atoms with Gasteiger partial charge in [-0.1, -0.05) is 39.0 Å². The number of rotatable bonds is 6. The third-order valence-corrected chi connectivity index (χ3v) is 5.81. The molecular formula is C18H35ClN2O. The van der Waals surface area contributed by atoms with E-state index in [1.807, 2.05) is 0 Å². The zero-order valence-electron chi connectivity index (χ0n) is 14.4. The standard InChI is InChI=1S/C18H34N2O.ClH/c1-14(17-6-4-3-5-7-17)15(2)20-18(21)9-8-16-10-12-19-13-11-16;/h14-17,19H,3-13H2,1-2H3,(H,20,21);1H. The molecule has 0 aromatic heterocycles. The number of amides is 1. The first-order valence-electron chi connectivity index (χ1n) is 9.17. The Morgan fingerprint density at radius 3 is 2.36 bits per heavy atom. The number of halogens is 1. The first-order valence-corrected chi connectivity index (χ1v) is 9.17. The van der Waals surface area contributed by atoms with Gasteiger partial charge in [0, 0.05) is 12.5 Å². The van der Waals surface area contributed by atoms with Crippen LogP contribution >= 0.6 is 12.4 Å². The molecule has 2 rings (SSSR count). The lowest BCUT2D eigenvalue weighted by molar-refractivity contribution is -0.122. The molecule has 0 aromatic carbocycles. The van der Waals surface area contributed by atoms with Crippen LogP contribution in [0.2, 0.25) is 0 Å².